The van der Waals surface area contributed by atoms with Crippen molar-refractivity contribution in [2.75, 3.05) is 20.3 Å². The molecule has 0 spiro atoms. The molecule has 3 heteroatoms. The molecule has 1 atom stereocenters. The summed E-state index contributed by atoms with van der Waals surface area (Å²) < 4.78 is 11.1. The van der Waals surface area contributed by atoms with Gasteiger partial charge in [-0.15, -0.1) is 0 Å². The van der Waals surface area contributed by atoms with Gasteiger partial charge in [-0.2, -0.15) is 0 Å². The Morgan fingerprint density at radius 1 is 1.17 bits per heavy atom. The zero-order valence-corrected chi connectivity index (χ0v) is 12.1. The van der Waals surface area contributed by atoms with Crippen LogP contribution in [0.1, 0.15) is 26.3 Å². The van der Waals surface area contributed by atoms with Crippen LogP contribution in [-0.2, 0) is 0 Å². The van der Waals surface area contributed by atoms with E-state index in [1.807, 2.05) is 25.1 Å². The largest absolute Gasteiger partial charge is 0.493 e. The maximum atomic E-state index is 5.81. The Morgan fingerprint density at radius 2 is 1.89 bits per heavy atom. The molecule has 1 rings (SSSR count). The molecule has 18 heavy (non-hydrogen) atoms. The molecule has 0 radical (unpaired) electrons. The summed E-state index contributed by atoms with van der Waals surface area (Å²) in [4.78, 5) is 0. The second-order valence-corrected chi connectivity index (χ2v) is 5.13. The standard InChI is InChI=1S/C15H25NO2/c1-11(2)16-9-13(4)10-18-14-7-6-12(3)8-15(14)17-5/h6-8,11,13,16H,9-10H2,1-5H3. The molecule has 0 aliphatic carbocycles. The van der Waals surface area contributed by atoms with Crippen molar-refractivity contribution in [2.24, 2.45) is 5.92 Å². The SMILES string of the molecule is COc1cc(C)ccc1OCC(C)CNC(C)C. The number of benzene rings is 1. The zero-order valence-electron chi connectivity index (χ0n) is 12.1. The van der Waals surface area contributed by atoms with E-state index in [2.05, 4.69) is 26.1 Å². The van der Waals surface area contributed by atoms with Gasteiger partial charge in [0.2, 0.25) is 0 Å². The maximum Gasteiger partial charge on any atom is 0.161 e. The minimum absolute atomic E-state index is 0.471. The molecule has 1 aromatic carbocycles. The first-order valence-electron chi connectivity index (χ1n) is 6.53. The maximum absolute atomic E-state index is 5.81. The van der Waals surface area contributed by atoms with Gasteiger partial charge < -0.3 is 14.8 Å². The monoisotopic (exact) mass is 251 g/mol. The number of rotatable bonds is 7. The lowest BCUT2D eigenvalue weighted by molar-refractivity contribution is 0.242. The van der Waals surface area contributed by atoms with Crippen molar-refractivity contribution in [3.63, 3.8) is 0 Å². The van der Waals surface area contributed by atoms with E-state index in [1.165, 1.54) is 5.56 Å². The lowest BCUT2D eigenvalue weighted by Gasteiger charge is -2.17. The molecule has 0 aliphatic heterocycles. The molecule has 1 unspecified atom stereocenters. The summed E-state index contributed by atoms with van der Waals surface area (Å²) in [7, 11) is 1.67. The Hall–Kier alpha value is -1.22. The van der Waals surface area contributed by atoms with Crippen LogP contribution in [-0.4, -0.2) is 26.3 Å². The van der Waals surface area contributed by atoms with E-state index < -0.39 is 0 Å². The molecule has 102 valence electrons. The summed E-state index contributed by atoms with van der Waals surface area (Å²) in [5.41, 5.74) is 1.17. The molecule has 0 saturated carbocycles. The Labute approximate surface area is 110 Å². The predicted molar refractivity (Wildman–Crippen MR) is 75.5 cm³/mol. The molecule has 3 nitrogen and oxygen atoms in total. The molecule has 1 aromatic rings. The van der Waals surface area contributed by atoms with E-state index in [0.717, 1.165) is 18.0 Å². The van der Waals surface area contributed by atoms with Gasteiger partial charge in [0, 0.05) is 18.5 Å². The first-order chi connectivity index (χ1) is 8.52. The van der Waals surface area contributed by atoms with Crippen molar-refractivity contribution in [1.82, 2.24) is 5.32 Å². The van der Waals surface area contributed by atoms with Crippen LogP contribution < -0.4 is 14.8 Å². The highest BCUT2D eigenvalue weighted by atomic mass is 16.5. The first-order valence-corrected chi connectivity index (χ1v) is 6.53. The van der Waals surface area contributed by atoms with Crippen molar-refractivity contribution in [2.45, 2.75) is 33.7 Å². The number of hydrogen-bond donors (Lipinski definition) is 1. The highest BCUT2D eigenvalue weighted by Gasteiger charge is 2.08. The van der Waals surface area contributed by atoms with Crippen molar-refractivity contribution in [3.05, 3.63) is 23.8 Å². The quantitative estimate of drug-likeness (QED) is 0.808. The molecule has 0 heterocycles. The van der Waals surface area contributed by atoms with E-state index in [9.17, 15) is 0 Å². The van der Waals surface area contributed by atoms with E-state index in [-0.39, 0.29) is 0 Å². The van der Waals surface area contributed by atoms with Crippen molar-refractivity contribution < 1.29 is 9.47 Å². The van der Waals surface area contributed by atoms with Gasteiger partial charge in [0.05, 0.1) is 13.7 Å². The molecule has 0 fully saturated rings. The fourth-order valence-electron chi connectivity index (χ4n) is 1.62. The first kappa shape index (κ1) is 14.8. The number of ether oxygens (including phenoxy) is 2. The van der Waals surface area contributed by atoms with Crippen molar-refractivity contribution in [1.29, 1.82) is 0 Å². The van der Waals surface area contributed by atoms with Crippen LogP contribution in [0, 0.1) is 12.8 Å². The number of nitrogens with one attached hydrogen (secondary N) is 1. The minimum Gasteiger partial charge on any atom is -0.493 e. The van der Waals surface area contributed by atoms with Gasteiger partial charge in [0.15, 0.2) is 11.5 Å². The lowest BCUT2D eigenvalue weighted by Crippen LogP contribution is -2.30. The predicted octanol–water partition coefficient (Wildman–Crippen LogP) is 3.02. The van der Waals surface area contributed by atoms with Gasteiger partial charge in [0.1, 0.15) is 0 Å². The molecule has 0 bridgehead atoms. The fraction of sp³-hybridized carbons (Fsp3) is 0.600. The summed E-state index contributed by atoms with van der Waals surface area (Å²) in [6, 6.07) is 6.51. The molecular weight excluding hydrogens is 226 g/mol. The Balaban J connectivity index is 2.47. The Kier molecular flexibility index (Phi) is 5.99. The zero-order chi connectivity index (χ0) is 13.5. The summed E-state index contributed by atoms with van der Waals surface area (Å²) >= 11 is 0. The lowest BCUT2D eigenvalue weighted by atomic mass is 10.2. The van der Waals surface area contributed by atoms with Gasteiger partial charge in [-0.25, -0.2) is 0 Å². The van der Waals surface area contributed by atoms with E-state index >= 15 is 0 Å². The van der Waals surface area contributed by atoms with Gasteiger partial charge in [-0.1, -0.05) is 26.8 Å². The van der Waals surface area contributed by atoms with E-state index in [0.29, 0.717) is 18.6 Å². The number of hydrogen-bond acceptors (Lipinski definition) is 3. The third-order valence-electron chi connectivity index (χ3n) is 2.72. The van der Waals surface area contributed by atoms with Gasteiger partial charge in [-0.05, 0) is 24.6 Å². The average molecular weight is 251 g/mol. The summed E-state index contributed by atoms with van der Waals surface area (Å²) in [5.74, 6) is 2.09. The highest BCUT2D eigenvalue weighted by molar-refractivity contribution is 5.42. The van der Waals surface area contributed by atoms with Crippen LogP contribution in [0.2, 0.25) is 0 Å². The third-order valence-corrected chi connectivity index (χ3v) is 2.72. The molecule has 0 aromatic heterocycles. The number of methoxy groups -OCH3 is 1. The molecule has 0 aliphatic rings. The van der Waals surface area contributed by atoms with E-state index in [4.69, 9.17) is 9.47 Å². The summed E-state index contributed by atoms with van der Waals surface area (Å²) in [6.07, 6.45) is 0. The smallest absolute Gasteiger partial charge is 0.161 e. The average Bonchev–Trinajstić information content (AvgIpc) is 2.34. The van der Waals surface area contributed by atoms with Gasteiger partial charge in [-0.3, -0.25) is 0 Å². The Morgan fingerprint density at radius 3 is 2.50 bits per heavy atom. The van der Waals surface area contributed by atoms with Crippen LogP contribution in [0.4, 0.5) is 0 Å². The van der Waals surface area contributed by atoms with Crippen LogP contribution in [0.3, 0.4) is 0 Å². The van der Waals surface area contributed by atoms with Crippen molar-refractivity contribution >= 4 is 0 Å². The fourth-order valence-corrected chi connectivity index (χ4v) is 1.62. The Bertz CT molecular complexity index is 364. The molecule has 0 saturated heterocycles. The number of aryl methyl sites for hydroxylation is 1. The van der Waals surface area contributed by atoms with Crippen LogP contribution in [0.5, 0.6) is 11.5 Å². The third kappa shape index (κ3) is 4.96. The highest BCUT2D eigenvalue weighted by Crippen LogP contribution is 2.28. The second kappa shape index (κ2) is 7.27. The van der Waals surface area contributed by atoms with Crippen molar-refractivity contribution in [3.8, 4) is 11.5 Å². The van der Waals surface area contributed by atoms with E-state index in [1.54, 1.807) is 7.11 Å². The van der Waals surface area contributed by atoms with Gasteiger partial charge >= 0.3 is 0 Å². The molecule has 0 amide bonds. The summed E-state index contributed by atoms with van der Waals surface area (Å²) in [6.45, 7) is 10.2. The van der Waals surface area contributed by atoms with Crippen LogP contribution >= 0.6 is 0 Å². The molecule has 1 N–H and O–H groups in total. The van der Waals surface area contributed by atoms with Crippen LogP contribution in [0.15, 0.2) is 18.2 Å². The molecular formula is C15H25NO2. The minimum atomic E-state index is 0.471. The second-order valence-electron chi connectivity index (χ2n) is 5.13. The van der Waals surface area contributed by atoms with Gasteiger partial charge in [0.25, 0.3) is 0 Å². The summed E-state index contributed by atoms with van der Waals surface area (Å²) in [5, 5.41) is 3.41. The topological polar surface area (TPSA) is 30.5 Å². The van der Waals surface area contributed by atoms with Crippen LogP contribution in [0.25, 0.3) is 0 Å². The normalized spacial score (nSPS) is 12.6.